The monoisotopic (exact) mass is 298 g/mol. The zero-order valence-electron chi connectivity index (χ0n) is 8.03. The van der Waals surface area contributed by atoms with E-state index in [0.717, 1.165) is 6.42 Å². The molecule has 0 aromatic heterocycles. The molecule has 0 saturated heterocycles. The molecule has 0 radical (unpaired) electrons. The summed E-state index contributed by atoms with van der Waals surface area (Å²) in [6.07, 6.45) is 0.823. The summed E-state index contributed by atoms with van der Waals surface area (Å²) in [7, 11) is 0. The molecule has 0 bridgehead atoms. The molecule has 0 N–H and O–H groups in total. The largest absolute Gasteiger partial charge is 0.297 e. The van der Waals surface area contributed by atoms with E-state index < -0.39 is 3.23 Å². The molecule has 0 fully saturated rings. The highest BCUT2D eigenvalue weighted by atomic mass is 79.9. The molecule has 0 heterocycles. The average Bonchev–Trinajstić information content (AvgIpc) is 1.82. The summed E-state index contributed by atoms with van der Waals surface area (Å²) in [5.74, 6) is 0.796. The average molecular weight is 300 g/mol. The number of Topliss-reactive ketones (excluding diaryl/α,β-unsaturated/α-hetero) is 1. The Bertz CT molecular complexity index is 162. The second-order valence-electron chi connectivity index (χ2n) is 3.82. The predicted molar refractivity (Wildman–Crippen MR) is 59.9 cm³/mol. The van der Waals surface area contributed by atoms with E-state index in [-0.39, 0.29) is 11.7 Å². The van der Waals surface area contributed by atoms with Gasteiger partial charge < -0.3 is 0 Å². The van der Waals surface area contributed by atoms with Gasteiger partial charge in [0, 0.05) is 5.92 Å². The van der Waals surface area contributed by atoms with Gasteiger partial charge in [0.15, 0.2) is 5.78 Å². The summed E-state index contributed by atoms with van der Waals surface area (Å²) in [6.45, 7) is 8.04. The molecule has 72 valence electrons. The Balaban J connectivity index is 4.29. The number of hydrogen-bond donors (Lipinski definition) is 0. The summed E-state index contributed by atoms with van der Waals surface area (Å²) in [5.41, 5.74) is 0. The molecule has 0 aromatic carbocycles. The lowest BCUT2D eigenvalue weighted by molar-refractivity contribution is -0.122. The van der Waals surface area contributed by atoms with Crippen molar-refractivity contribution in [2.45, 2.75) is 37.3 Å². The standard InChI is InChI=1S/C9H16Br2O/c1-6(2)5-9(10,11)8(12)7(3)4/h6-7H,5H2,1-4H3. The van der Waals surface area contributed by atoms with Crippen molar-refractivity contribution in [2.24, 2.45) is 11.8 Å². The SMILES string of the molecule is CC(C)CC(Br)(Br)C(=O)C(C)C. The van der Waals surface area contributed by atoms with Gasteiger partial charge in [0.1, 0.15) is 3.23 Å². The van der Waals surface area contributed by atoms with Crippen molar-refractivity contribution < 1.29 is 4.79 Å². The van der Waals surface area contributed by atoms with Crippen LogP contribution >= 0.6 is 31.9 Å². The lowest BCUT2D eigenvalue weighted by Crippen LogP contribution is -2.30. The highest BCUT2D eigenvalue weighted by Gasteiger charge is 2.34. The lowest BCUT2D eigenvalue weighted by atomic mass is 9.99. The predicted octanol–water partition coefficient (Wildman–Crippen LogP) is 3.74. The van der Waals surface area contributed by atoms with Crippen LogP contribution in [-0.2, 0) is 4.79 Å². The van der Waals surface area contributed by atoms with Crippen molar-refractivity contribution >= 4 is 37.6 Å². The van der Waals surface area contributed by atoms with Gasteiger partial charge in [-0.15, -0.1) is 0 Å². The van der Waals surface area contributed by atoms with E-state index in [9.17, 15) is 4.79 Å². The minimum atomic E-state index is -0.512. The van der Waals surface area contributed by atoms with Crippen molar-refractivity contribution in [1.29, 1.82) is 0 Å². The van der Waals surface area contributed by atoms with Gasteiger partial charge in [-0.3, -0.25) is 4.79 Å². The van der Waals surface area contributed by atoms with Gasteiger partial charge in [-0.2, -0.15) is 0 Å². The Morgan fingerprint density at radius 3 is 1.92 bits per heavy atom. The van der Waals surface area contributed by atoms with Crippen LogP contribution in [0.2, 0.25) is 0 Å². The zero-order valence-corrected chi connectivity index (χ0v) is 11.2. The molecule has 0 spiro atoms. The Hall–Kier alpha value is 0.630. The fourth-order valence-electron chi connectivity index (χ4n) is 1.04. The number of carbonyl (C=O) groups excluding carboxylic acids is 1. The van der Waals surface area contributed by atoms with Crippen LogP contribution in [0, 0.1) is 11.8 Å². The third-order valence-corrected chi connectivity index (χ3v) is 2.98. The Labute approximate surface area is 91.6 Å². The molecule has 0 unspecified atom stereocenters. The summed E-state index contributed by atoms with van der Waals surface area (Å²) in [5, 5.41) is 0. The maximum absolute atomic E-state index is 11.6. The number of alkyl halides is 2. The first-order valence-electron chi connectivity index (χ1n) is 4.19. The van der Waals surface area contributed by atoms with Crippen LogP contribution in [-0.4, -0.2) is 9.02 Å². The molecular formula is C9H16Br2O. The molecule has 0 rings (SSSR count). The van der Waals surface area contributed by atoms with Gasteiger partial charge in [-0.1, -0.05) is 59.6 Å². The second kappa shape index (κ2) is 4.75. The first-order chi connectivity index (χ1) is 5.27. The molecule has 0 aromatic rings. The topological polar surface area (TPSA) is 17.1 Å². The van der Waals surface area contributed by atoms with E-state index >= 15 is 0 Å². The minimum Gasteiger partial charge on any atom is -0.297 e. The van der Waals surface area contributed by atoms with Crippen LogP contribution < -0.4 is 0 Å². The van der Waals surface area contributed by atoms with Crippen LogP contribution in [0.3, 0.4) is 0 Å². The van der Waals surface area contributed by atoms with E-state index in [1.165, 1.54) is 0 Å². The molecule has 0 aliphatic carbocycles. The molecule has 3 heteroatoms. The molecule has 1 nitrogen and oxygen atoms in total. The minimum absolute atomic E-state index is 0.0718. The Kier molecular flexibility index (Phi) is 5.00. The zero-order chi connectivity index (χ0) is 9.94. The van der Waals surface area contributed by atoms with E-state index in [1.807, 2.05) is 13.8 Å². The van der Waals surface area contributed by atoms with Crippen LogP contribution in [0.1, 0.15) is 34.1 Å². The summed E-state index contributed by atoms with van der Waals surface area (Å²) < 4.78 is -0.512. The van der Waals surface area contributed by atoms with Gasteiger partial charge >= 0.3 is 0 Å². The number of ketones is 1. The molecular weight excluding hydrogens is 284 g/mol. The van der Waals surface area contributed by atoms with E-state index in [4.69, 9.17) is 0 Å². The molecule has 0 aliphatic rings. The molecule has 0 amide bonds. The maximum atomic E-state index is 11.6. The van der Waals surface area contributed by atoms with Crippen molar-refractivity contribution in [2.75, 3.05) is 0 Å². The van der Waals surface area contributed by atoms with Crippen LogP contribution in [0.5, 0.6) is 0 Å². The second-order valence-corrected chi connectivity index (χ2v) is 7.59. The Morgan fingerprint density at radius 1 is 1.25 bits per heavy atom. The van der Waals surface area contributed by atoms with E-state index in [0.29, 0.717) is 5.92 Å². The summed E-state index contributed by atoms with van der Waals surface area (Å²) >= 11 is 6.83. The van der Waals surface area contributed by atoms with Gasteiger partial charge in [0.05, 0.1) is 0 Å². The van der Waals surface area contributed by atoms with Crippen LogP contribution in [0.4, 0.5) is 0 Å². The fourth-order valence-corrected chi connectivity index (χ4v) is 3.25. The number of halogens is 2. The van der Waals surface area contributed by atoms with E-state index in [2.05, 4.69) is 45.7 Å². The van der Waals surface area contributed by atoms with Crippen molar-refractivity contribution in [3.63, 3.8) is 0 Å². The molecule has 0 aliphatic heterocycles. The molecule has 0 atom stereocenters. The maximum Gasteiger partial charge on any atom is 0.162 e. The molecule has 0 saturated carbocycles. The highest BCUT2D eigenvalue weighted by molar-refractivity contribution is 9.25. The van der Waals surface area contributed by atoms with Gasteiger partial charge in [-0.25, -0.2) is 0 Å². The Morgan fingerprint density at radius 2 is 1.67 bits per heavy atom. The van der Waals surface area contributed by atoms with Gasteiger partial charge in [0.2, 0.25) is 0 Å². The third-order valence-electron chi connectivity index (χ3n) is 1.55. The van der Waals surface area contributed by atoms with Crippen LogP contribution in [0.15, 0.2) is 0 Å². The van der Waals surface area contributed by atoms with Crippen molar-refractivity contribution in [1.82, 2.24) is 0 Å². The summed E-state index contributed by atoms with van der Waals surface area (Å²) in [6, 6.07) is 0. The number of carbonyl (C=O) groups is 1. The molecule has 12 heavy (non-hydrogen) atoms. The van der Waals surface area contributed by atoms with Crippen molar-refractivity contribution in [3.8, 4) is 0 Å². The number of rotatable bonds is 4. The normalized spacial score (nSPS) is 12.7. The lowest BCUT2D eigenvalue weighted by Gasteiger charge is -2.22. The van der Waals surface area contributed by atoms with Gasteiger partial charge in [0.25, 0.3) is 0 Å². The third kappa shape index (κ3) is 4.04. The van der Waals surface area contributed by atoms with Crippen LogP contribution in [0.25, 0.3) is 0 Å². The first-order valence-corrected chi connectivity index (χ1v) is 5.78. The summed E-state index contributed by atoms with van der Waals surface area (Å²) in [4.78, 5) is 11.6. The smallest absolute Gasteiger partial charge is 0.162 e. The quantitative estimate of drug-likeness (QED) is 0.723. The van der Waals surface area contributed by atoms with Gasteiger partial charge in [-0.05, 0) is 12.3 Å². The fraction of sp³-hybridized carbons (Fsp3) is 0.889. The van der Waals surface area contributed by atoms with Crippen molar-refractivity contribution in [3.05, 3.63) is 0 Å². The highest BCUT2D eigenvalue weighted by Crippen LogP contribution is 2.36. The van der Waals surface area contributed by atoms with E-state index in [1.54, 1.807) is 0 Å². The number of hydrogen-bond acceptors (Lipinski definition) is 1. The first kappa shape index (κ1) is 12.6.